The highest BCUT2D eigenvalue weighted by Crippen LogP contribution is 2.25. The van der Waals surface area contributed by atoms with E-state index in [1.165, 1.54) is 5.39 Å². The van der Waals surface area contributed by atoms with Crippen molar-refractivity contribution < 1.29 is 0 Å². The molecule has 2 heterocycles. The van der Waals surface area contributed by atoms with Gasteiger partial charge in [0.25, 0.3) is 0 Å². The van der Waals surface area contributed by atoms with E-state index >= 15 is 0 Å². The van der Waals surface area contributed by atoms with Crippen molar-refractivity contribution in [3.05, 3.63) is 36.2 Å². The standard InChI is InChI=1S/C14H16ClN5/c1-10-12-6-5-11(9-13(12)17-18(10)2)19(3)20-8-4-7-16-14(20)15/h4-9,14H,1-3H3. The zero-order valence-electron chi connectivity index (χ0n) is 11.7. The second kappa shape index (κ2) is 4.83. The van der Waals surface area contributed by atoms with E-state index in [-0.39, 0.29) is 0 Å². The van der Waals surface area contributed by atoms with Crippen LogP contribution in [0.5, 0.6) is 0 Å². The number of aliphatic imine (C=N–C) groups is 1. The fourth-order valence-corrected chi connectivity index (χ4v) is 2.54. The molecule has 104 valence electrons. The molecular formula is C14H16ClN5. The summed E-state index contributed by atoms with van der Waals surface area (Å²) in [7, 11) is 3.91. The lowest BCUT2D eigenvalue weighted by molar-refractivity contribution is 0.342. The number of anilines is 1. The van der Waals surface area contributed by atoms with Gasteiger partial charge in [-0.1, -0.05) is 11.6 Å². The van der Waals surface area contributed by atoms with Crippen LogP contribution in [0, 0.1) is 6.92 Å². The summed E-state index contributed by atoms with van der Waals surface area (Å²) in [6, 6.07) is 6.20. The van der Waals surface area contributed by atoms with Gasteiger partial charge in [-0.05, 0) is 31.2 Å². The molecule has 2 aromatic rings. The number of nitrogens with zero attached hydrogens (tertiary/aromatic N) is 5. The molecule has 20 heavy (non-hydrogen) atoms. The summed E-state index contributed by atoms with van der Waals surface area (Å²) >= 11 is 6.19. The maximum atomic E-state index is 6.19. The van der Waals surface area contributed by atoms with Crippen molar-refractivity contribution in [2.75, 3.05) is 12.1 Å². The Morgan fingerprint density at radius 1 is 1.35 bits per heavy atom. The number of hydrazine groups is 1. The molecule has 0 spiro atoms. The van der Waals surface area contributed by atoms with Crippen molar-refractivity contribution >= 4 is 34.4 Å². The number of alkyl halides is 1. The van der Waals surface area contributed by atoms with Crippen LogP contribution in [0.1, 0.15) is 5.69 Å². The highest BCUT2D eigenvalue weighted by Gasteiger charge is 2.18. The van der Waals surface area contributed by atoms with Crippen LogP contribution >= 0.6 is 11.6 Å². The summed E-state index contributed by atoms with van der Waals surface area (Å²) in [5.74, 6) is 0. The zero-order chi connectivity index (χ0) is 14.3. The van der Waals surface area contributed by atoms with Gasteiger partial charge in [-0.15, -0.1) is 0 Å². The first-order valence-electron chi connectivity index (χ1n) is 6.37. The number of rotatable bonds is 2. The SMILES string of the molecule is Cc1c2ccc(N(C)N3C=CC=NC3Cl)cc2nn1C. The Labute approximate surface area is 122 Å². The van der Waals surface area contributed by atoms with Gasteiger partial charge in [0.15, 0.2) is 0 Å². The number of halogens is 1. The Morgan fingerprint density at radius 3 is 2.90 bits per heavy atom. The molecule has 1 atom stereocenters. The summed E-state index contributed by atoms with van der Waals surface area (Å²) in [6.45, 7) is 2.07. The number of hydrogen-bond donors (Lipinski definition) is 0. The highest BCUT2D eigenvalue weighted by atomic mass is 35.5. The summed E-state index contributed by atoms with van der Waals surface area (Å²) in [5, 5.41) is 9.50. The smallest absolute Gasteiger partial charge is 0.214 e. The molecule has 3 rings (SSSR count). The Kier molecular flexibility index (Phi) is 3.14. The molecule has 0 bridgehead atoms. The van der Waals surface area contributed by atoms with Crippen LogP contribution in [0.3, 0.4) is 0 Å². The van der Waals surface area contributed by atoms with E-state index in [1.54, 1.807) is 6.21 Å². The first-order valence-corrected chi connectivity index (χ1v) is 6.81. The van der Waals surface area contributed by atoms with Crippen molar-refractivity contribution in [3.63, 3.8) is 0 Å². The summed E-state index contributed by atoms with van der Waals surface area (Å²) in [6.07, 6.45) is 5.46. The second-order valence-corrected chi connectivity index (χ2v) is 5.15. The number of aryl methyl sites for hydroxylation is 2. The lowest BCUT2D eigenvalue weighted by Gasteiger charge is -2.35. The first-order chi connectivity index (χ1) is 9.58. The van der Waals surface area contributed by atoms with Crippen LogP contribution in [0.15, 0.2) is 35.5 Å². The van der Waals surface area contributed by atoms with Gasteiger partial charge >= 0.3 is 0 Å². The quantitative estimate of drug-likeness (QED) is 0.630. The number of aromatic nitrogens is 2. The van der Waals surface area contributed by atoms with Gasteiger partial charge < -0.3 is 0 Å². The van der Waals surface area contributed by atoms with E-state index in [0.717, 1.165) is 16.9 Å². The average Bonchev–Trinajstić information content (AvgIpc) is 2.73. The molecule has 5 nitrogen and oxygen atoms in total. The minimum Gasteiger partial charge on any atom is -0.286 e. The van der Waals surface area contributed by atoms with E-state index in [4.69, 9.17) is 11.6 Å². The summed E-state index contributed by atoms with van der Waals surface area (Å²) in [4.78, 5) is 4.16. The lowest BCUT2D eigenvalue weighted by Crippen LogP contribution is -2.41. The fourth-order valence-electron chi connectivity index (χ4n) is 2.28. The van der Waals surface area contributed by atoms with E-state index in [2.05, 4.69) is 35.2 Å². The van der Waals surface area contributed by atoms with Crippen molar-refractivity contribution in [1.29, 1.82) is 0 Å². The minimum atomic E-state index is -0.425. The predicted octanol–water partition coefficient (Wildman–Crippen LogP) is 2.66. The Hall–Kier alpha value is -2.01. The van der Waals surface area contributed by atoms with E-state index in [0.29, 0.717) is 0 Å². The van der Waals surface area contributed by atoms with Gasteiger partial charge in [0.2, 0.25) is 5.62 Å². The number of allylic oxidation sites excluding steroid dienone is 1. The van der Waals surface area contributed by atoms with E-state index in [9.17, 15) is 0 Å². The third-order valence-electron chi connectivity index (χ3n) is 3.59. The molecule has 1 aliphatic rings. The Morgan fingerprint density at radius 2 is 2.15 bits per heavy atom. The average molecular weight is 290 g/mol. The van der Waals surface area contributed by atoms with Crippen LogP contribution in [-0.2, 0) is 7.05 Å². The van der Waals surface area contributed by atoms with Crippen LogP contribution in [0.4, 0.5) is 5.69 Å². The maximum Gasteiger partial charge on any atom is 0.214 e. The minimum absolute atomic E-state index is 0.425. The summed E-state index contributed by atoms with van der Waals surface area (Å²) < 4.78 is 1.89. The predicted molar refractivity (Wildman–Crippen MR) is 83.0 cm³/mol. The topological polar surface area (TPSA) is 36.7 Å². The van der Waals surface area contributed by atoms with Crippen LogP contribution in [0.25, 0.3) is 10.9 Å². The van der Waals surface area contributed by atoms with E-state index in [1.807, 2.05) is 41.1 Å². The maximum absolute atomic E-state index is 6.19. The molecule has 1 aliphatic heterocycles. The van der Waals surface area contributed by atoms with Gasteiger partial charge in [0.05, 0.1) is 11.2 Å². The van der Waals surface area contributed by atoms with Gasteiger partial charge in [-0.25, -0.2) is 0 Å². The number of hydrogen-bond acceptors (Lipinski definition) is 4. The monoisotopic (exact) mass is 289 g/mol. The van der Waals surface area contributed by atoms with Gasteiger partial charge in [0.1, 0.15) is 0 Å². The van der Waals surface area contributed by atoms with E-state index < -0.39 is 5.62 Å². The zero-order valence-corrected chi connectivity index (χ0v) is 12.4. The number of fused-ring (bicyclic) bond motifs is 1. The Balaban J connectivity index is 1.97. The molecule has 0 amide bonds. The molecule has 1 aromatic heterocycles. The fraction of sp³-hybridized carbons (Fsp3) is 0.286. The molecule has 1 unspecified atom stereocenters. The highest BCUT2D eigenvalue weighted by molar-refractivity contribution is 6.20. The van der Waals surface area contributed by atoms with Crippen molar-refractivity contribution in [2.45, 2.75) is 12.5 Å². The molecule has 0 saturated heterocycles. The summed E-state index contributed by atoms with van der Waals surface area (Å²) in [5.41, 5.74) is 2.73. The molecule has 0 aliphatic carbocycles. The molecule has 6 heteroatoms. The normalized spacial score (nSPS) is 18.0. The van der Waals surface area contributed by atoms with Gasteiger partial charge in [-0.3, -0.25) is 19.7 Å². The first kappa shape index (κ1) is 13.0. The number of benzene rings is 1. The molecule has 1 aromatic carbocycles. The third kappa shape index (κ3) is 2.04. The molecule has 0 saturated carbocycles. The largest absolute Gasteiger partial charge is 0.286 e. The molecule has 0 radical (unpaired) electrons. The van der Waals surface area contributed by atoms with Crippen LogP contribution in [0.2, 0.25) is 0 Å². The molecular weight excluding hydrogens is 274 g/mol. The van der Waals surface area contributed by atoms with Gasteiger partial charge in [-0.2, -0.15) is 5.10 Å². The van der Waals surface area contributed by atoms with Crippen LogP contribution < -0.4 is 5.01 Å². The van der Waals surface area contributed by atoms with Crippen LogP contribution in [-0.4, -0.2) is 33.7 Å². The van der Waals surface area contributed by atoms with Crippen molar-refractivity contribution in [1.82, 2.24) is 14.8 Å². The van der Waals surface area contributed by atoms with Crippen molar-refractivity contribution in [3.8, 4) is 0 Å². The Bertz CT molecular complexity index is 703. The molecule has 0 fully saturated rings. The van der Waals surface area contributed by atoms with Crippen molar-refractivity contribution in [2.24, 2.45) is 12.0 Å². The second-order valence-electron chi connectivity index (χ2n) is 4.76. The molecule has 0 N–H and O–H groups in total. The lowest BCUT2D eigenvalue weighted by atomic mass is 10.2. The van der Waals surface area contributed by atoms with Gasteiger partial charge in [0, 0.05) is 37.6 Å². The third-order valence-corrected chi connectivity index (χ3v) is 3.90.